The SMILES string of the molecule is c1cc(C2(C3CCCN3)CCC2)ccn1. The number of rotatable bonds is 2. The monoisotopic (exact) mass is 202 g/mol. The lowest BCUT2D eigenvalue weighted by Gasteiger charge is -2.47. The number of pyridine rings is 1. The maximum absolute atomic E-state index is 4.12. The Bertz CT molecular complexity index is 324. The highest BCUT2D eigenvalue weighted by molar-refractivity contribution is 5.29. The van der Waals surface area contributed by atoms with Gasteiger partial charge in [0.05, 0.1) is 0 Å². The van der Waals surface area contributed by atoms with Gasteiger partial charge in [-0.05, 0) is 49.9 Å². The number of nitrogens with zero attached hydrogens (tertiary/aromatic N) is 1. The molecule has 2 heterocycles. The summed E-state index contributed by atoms with van der Waals surface area (Å²) in [6.07, 6.45) is 10.7. The quantitative estimate of drug-likeness (QED) is 0.795. The first kappa shape index (κ1) is 9.34. The first-order valence-corrected chi connectivity index (χ1v) is 6.06. The largest absolute Gasteiger partial charge is 0.313 e. The summed E-state index contributed by atoms with van der Waals surface area (Å²) in [6, 6.07) is 5.13. The molecule has 3 rings (SSSR count). The molecule has 1 saturated heterocycles. The van der Waals surface area contributed by atoms with Crippen LogP contribution in [0.2, 0.25) is 0 Å². The Kier molecular flexibility index (Phi) is 2.24. The summed E-state index contributed by atoms with van der Waals surface area (Å²) in [6.45, 7) is 1.21. The van der Waals surface area contributed by atoms with Crippen molar-refractivity contribution in [1.29, 1.82) is 0 Å². The van der Waals surface area contributed by atoms with E-state index in [4.69, 9.17) is 0 Å². The zero-order valence-electron chi connectivity index (χ0n) is 9.08. The van der Waals surface area contributed by atoms with E-state index >= 15 is 0 Å². The lowest BCUT2D eigenvalue weighted by atomic mass is 9.60. The molecule has 2 heteroatoms. The van der Waals surface area contributed by atoms with Crippen molar-refractivity contribution in [3.63, 3.8) is 0 Å². The van der Waals surface area contributed by atoms with Crippen LogP contribution in [0, 0.1) is 0 Å². The van der Waals surface area contributed by atoms with Gasteiger partial charge in [-0.25, -0.2) is 0 Å². The van der Waals surface area contributed by atoms with Crippen molar-refractivity contribution in [2.75, 3.05) is 6.54 Å². The standard InChI is InChI=1S/C13H18N2/c1-3-12(15-8-1)13(6-2-7-13)11-4-9-14-10-5-11/h4-5,9-10,12,15H,1-3,6-8H2. The molecule has 2 fully saturated rings. The second-order valence-corrected chi connectivity index (χ2v) is 4.89. The van der Waals surface area contributed by atoms with E-state index in [0.717, 1.165) is 0 Å². The molecule has 1 aliphatic heterocycles. The topological polar surface area (TPSA) is 24.9 Å². The highest BCUT2D eigenvalue weighted by Gasteiger charge is 2.45. The third-order valence-corrected chi connectivity index (χ3v) is 4.23. The van der Waals surface area contributed by atoms with Crippen LogP contribution in [0.25, 0.3) is 0 Å². The van der Waals surface area contributed by atoms with Gasteiger partial charge in [-0.15, -0.1) is 0 Å². The minimum absolute atomic E-state index is 0.444. The van der Waals surface area contributed by atoms with Gasteiger partial charge in [-0.3, -0.25) is 4.98 Å². The summed E-state index contributed by atoms with van der Waals surface area (Å²) in [7, 11) is 0. The van der Waals surface area contributed by atoms with Crippen LogP contribution in [0.5, 0.6) is 0 Å². The second kappa shape index (κ2) is 3.60. The van der Waals surface area contributed by atoms with E-state index in [0.29, 0.717) is 11.5 Å². The summed E-state index contributed by atoms with van der Waals surface area (Å²) in [5.74, 6) is 0. The molecule has 2 aliphatic rings. The molecule has 1 atom stereocenters. The smallest absolute Gasteiger partial charge is 0.0270 e. The third kappa shape index (κ3) is 1.39. The van der Waals surface area contributed by atoms with E-state index in [1.54, 1.807) is 0 Å². The molecule has 0 bridgehead atoms. The van der Waals surface area contributed by atoms with Crippen LogP contribution in [0.15, 0.2) is 24.5 Å². The molecule has 1 aliphatic carbocycles. The van der Waals surface area contributed by atoms with Crippen LogP contribution in [0.4, 0.5) is 0 Å². The third-order valence-electron chi connectivity index (χ3n) is 4.23. The van der Waals surface area contributed by atoms with E-state index in [2.05, 4.69) is 22.4 Å². The Morgan fingerprint density at radius 2 is 2.00 bits per heavy atom. The van der Waals surface area contributed by atoms with E-state index in [1.165, 1.54) is 44.2 Å². The predicted molar refractivity (Wildman–Crippen MR) is 60.8 cm³/mol. The Morgan fingerprint density at radius 3 is 2.53 bits per heavy atom. The molecular formula is C13H18N2. The maximum Gasteiger partial charge on any atom is 0.0270 e. The van der Waals surface area contributed by atoms with Crippen LogP contribution >= 0.6 is 0 Å². The van der Waals surface area contributed by atoms with Crippen molar-refractivity contribution < 1.29 is 0 Å². The fourth-order valence-corrected chi connectivity index (χ4v) is 3.24. The zero-order chi connectivity index (χ0) is 10.1. The van der Waals surface area contributed by atoms with Gasteiger partial charge in [-0.2, -0.15) is 0 Å². The number of hydrogen-bond donors (Lipinski definition) is 1. The highest BCUT2D eigenvalue weighted by atomic mass is 15.0. The summed E-state index contributed by atoms with van der Waals surface area (Å²) in [4.78, 5) is 4.12. The molecule has 1 unspecified atom stereocenters. The molecule has 0 aromatic carbocycles. The molecule has 1 aromatic heterocycles. The number of nitrogens with one attached hydrogen (secondary N) is 1. The summed E-state index contributed by atoms with van der Waals surface area (Å²) in [5.41, 5.74) is 1.95. The zero-order valence-corrected chi connectivity index (χ0v) is 9.08. The summed E-state index contributed by atoms with van der Waals surface area (Å²) < 4.78 is 0. The van der Waals surface area contributed by atoms with Crippen molar-refractivity contribution in [2.45, 2.75) is 43.6 Å². The van der Waals surface area contributed by atoms with Gasteiger partial charge >= 0.3 is 0 Å². The molecule has 0 amide bonds. The Balaban J connectivity index is 1.92. The second-order valence-electron chi connectivity index (χ2n) is 4.89. The molecule has 1 N–H and O–H groups in total. The van der Waals surface area contributed by atoms with Crippen LogP contribution in [-0.4, -0.2) is 17.6 Å². The molecule has 0 radical (unpaired) electrons. The number of hydrogen-bond acceptors (Lipinski definition) is 2. The molecule has 15 heavy (non-hydrogen) atoms. The van der Waals surface area contributed by atoms with E-state index in [-0.39, 0.29) is 0 Å². The van der Waals surface area contributed by atoms with Gasteiger partial charge in [0.25, 0.3) is 0 Å². The first-order chi connectivity index (χ1) is 7.42. The minimum Gasteiger partial charge on any atom is -0.313 e. The average molecular weight is 202 g/mol. The summed E-state index contributed by atoms with van der Waals surface area (Å²) in [5, 5.41) is 3.68. The van der Waals surface area contributed by atoms with Gasteiger partial charge < -0.3 is 5.32 Å². The van der Waals surface area contributed by atoms with Crippen LogP contribution in [-0.2, 0) is 5.41 Å². The van der Waals surface area contributed by atoms with Crippen molar-refractivity contribution in [3.05, 3.63) is 30.1 Å². The van der Waals surface area contributed by atoms with Gasteiger partial charge in [0, 0.05) is 23.9 Å². The van der Waals surface area contributed by atoms with Crippen molar-refractivity contribution in [3.8, 4) is 0 Å². The maximum atomic E-state index is 4.12. The molecule has 1 aromatic rings. The molecule has 2 nitrogen and oxygen atoms in total. The normalized spacial score (nSPS) is 28.7. The number of aromatic nitrogens is 1. The molecule has 80 valence electrons. The average Bonchev–Trinajstić information content (AvgIpc) is 2.72. The van der Waals surface area contributed by atoms with E-state index in [9.17, 15) is 0 Å². The van der Waals surface area contributed by atoms with Crippen molar-refractivity contribution >= 4 is 0 Å². The Hall–Kier alpha value is -0.890. The van der Waals surface area contributed by atoms with Crippen LogP contribution in [0.3, 0.4) is 0 Å². The van der Waals surface area contributed by atoms with Crippen molar-refractivity contribution in [2.24, 2.45) is 0 Å². The van der Waals surface area contributed by atoms with Gasteiger partial charge in [-0.1, -0.05) is 6.42 Å². The first-order valence-electron chi connectivity index (χ1n) is 6.06. The fourth-order valence-electron chi connectivity index (χ4n) is 3.24. The molecule has 1 saturated carbocycles. The van der Waals surface area contributed by atoms with Gasteiger partial charge in [0.1, 0.15) is 0 Å². The lowest BCUT2D eigenvalue weighted by molar-refractivity contribution is 0.182. The van der Waals surface area contributed by atoms with E-state index < -0.39 is 0 Å². The molecular weight excluding hydrogens is 184 g/mol. The highest BCUT2D eigenvalue weighted by Crippen LogP contribution is 2.48. The minimum atomic E-state index is 0.444. The van der Waals surface area contributed by atoms with E-state index in [1.807, 2.05) is 12.4 Å². The van der Waals surface area contributed by atoms with Gasteiger partial charge in [0.15, 0.2) is 0 Å². The van der Waals surface area contributed by atoms with Crippen molar-refractivity contribution in [1.82, 2.24) is 10.3 Å². The Labute approximate surface area is 91.1 Å². The Morgan fingerprint density at radius 1 is 1.20 bits per heavy atom. The van der Waals surface area contributed by atoms with Gasteiger partial charge in [0.2, 0.25) is 0 Å². The van der Waals surface area contributed by atoms with Crippen LogP contribution in [0.1, 0.15) is 37.7 Å². The van der Waals surface area contributed by atoms with Crippen LogP contribution < -0.4 is 5.32 Å². The summed E-state index contributed by atoms with van der Waals surface area (Å²) >= 11 is 0. The fraction of sp³-hybridized carbons (Fsp3) is 0.615. The lowest BCUT2D eigenvalue weighted by Crippen LogP contribution is -2.50. The molecule has 0 spiro atoms. The predicted octanol–water partition coefficient (Wildman–Crippen LogP) is 2.26.